The van der Waals surface area contributed by atoms with Gasteiger partial charge in [0.2, 0.25) is 0 Å². The Hall–Kier alpha value is -1.82. The van der Waals surface area contributed by atoms with Crippen molar-refractivity contribution in [3.05, 3.63) is 36.0 Å². The van der Waals surface area contributed by atoms with Crippen molar-refractivity contribution in [3.8, 4) is 5.75 Å². The van der Waals surface area contributed by atoms with E-state index in [2.05, 4.69) is 15.7 Å². The Balaban J connectivity index is 1.72. The van der Waals surface area contributed by atoms with Crippen LogP contribution in [0, 0.1) is 6.92 Å². The highest BCUT2D eigenvalue weighted by Crippen LogP contribution is 2.32. The maximum Gasteiger partial charge on any atom is 0.168 e. The van der Waals surface area contributed by atoms with Crippen LogP contribution in [0.15, 0.2) is 30.3 Å². The zero-order chi connectivity index (χ0) is 13.2. The van der Waals surface area contributed by atoms with Crippen LogP contribution in [0.2, 0.25) is 0 Å². The summed E-state index contributed by atoms with van der Waals surface area (Å²) in [5, 5.41) is 11.2. The van der Waals surface area contributed by atoms with E-state index in [1.165, 1.54) is 0 Å². The second-order valence-electron chi connectivity index (χ2n) is 4.25. The molecule has 2 N–H and O–H groups in total. The molecule has 0 bridgehead atoms. The van der Waals surface area contributed by atoms with Gasteiger partial charge in [-0.1, -0.05) is 12.1 Å². The summed E-state index contributed by atoms with van der Waals surface area (Å²) in [7, 11) is 0. The van der Waals surface area contributed by atoms with Crippen LogP contribution in [0.1, 0.15) is 12.6 Å². The van der Waals surface area contributed by atoms with Gasteiger partial charge in [0.25, 0.3) is 0 Å². The number of hydrogen-bond donors (Lipinski definition) is 2. The molecule has 19 heavy (non-hydrogen) atoms. The lowest BCUT2D eigenvalue weighted by atomic mass is 10.3. The van der Waals surface area contributed by atoms with Crippen LogP contribution < -0.4 is 15.4 Å². The Morgan fingerprint density at radius 1 is 1.47 bits per heavy atom. The number of ether oxygens (including phenoxy) is 1. The van der Waals surface area contributed by atoms with E-state index in [1.54, 1.807) is 11.9 Å². The van der Waals surface area contributed by atoms with Gasteiger partial charge < -0.3 is 15.4 Å². The van der Waals surface area contributed by atoms with E-state index in [9.17, 15) is 0 Å². The van der Waals surface area contributed by atoms with Crippen molar-refractivity contribution < 1.29 is 4.74 Å². The second kappa shape index (κ2) is 5.05. The van der Waals surface area contributed by atoms with Crippen molar-refractivity contribution in [3.63, 3.8) is 0 Å². The molecule has 0 amide bonds. The molecule has 2 heterocycles. The molecule has 1 aliphatic heterocycles. The summed E-state index contributed by atoms with van der Waals surface area (Å²) in [6, 6.07) is 9.98. The van der Waals surface area contributed by atoms with Gasteiger partial charge in [-0.25, -0.2) is 0 Å². The highest BCUT2D eigenvalue weighted by Gasteiger charge is 2.23. The van der Waals surface area contributed by atoms with Gasteiger partial charge in [0.1, 0.15) is 11.6 Å². The van der Waals surface area contributed by atoms with Crippen LogP contribution in [0.3, 0.4) is 0 Å². The van der Waals surface area contributed by atoms with Gasteiger partial charge in [0.05, 0.1) is 18.0 Å². The van der Waals surface area contributed by atoms with Crippen LogP contribution in [-0.2, 0) is 0 Å². The van der Waals surface area contributed by atoms with E-state index in [0.29, 0.717) is 6.61 Å². The first kappa shape index (κ1) is 12.2. The van der Waals surface area contributed by atoms with Gasteiger partial charge in [-0.2, -0.15) is 9.19 Å². The first-order chi connectivity index (χ1) is 9.26. The van der Waals surface area contributed by atoms with E-state index in [4.69, 9.17) is 4.74 Å². The van der Waals surface area contributed by atoms with E-state index in [0.717, 1.165) is 22.9 Å². The van der Waals surface area contributed by atoms with Crippen LogP contribution in [-0.4, -0.2) is 21.3 Å². The van der Waals surface area contributed by atoms with Crippen molar-refractivity contribution in [2.45, 2.75) is 19.3 Å². The second-order valence-corrected chi connectivity index (χ2v) is 5.28. The van der Waals surface area contributed by atoms with Gasteiger partial charge in [-0.05, 0) is 26.0 Å². The minimum Gasteiger partial charge on any atom is -0.492 e. The highest BCUT2D eigenvalue weighted by atomic mass is 32.2. The molecule has 0 saturated carbocycles. The quantitative estimate of drug-likeness (QED) is 0.899. The molecule has 1 aliphatic rings. The Morgan fingerprint density at radius 3 is 3.11 bits per heavy atom. The maximum atomic E-state index is 5.60. The molecule has 0 spiro atoms. The standard InChI is InChI=1S/C13H16N4OS/c1-3-18-11-7-5-4-6-10(11)14-13-15-12-8-9(2)16-17(12)19-13/h4-8,13-15H,3H2,1-2H3. The molecule has 3 rings (SSSR count). The van der Waals surface area contributed by atoms with Crippen molar-refractivity contribution in [1.29, 1.82) is 0 Å². The van der Waals surface area contributed by atoms with Crippen LogP contribution >= 0.6 is 11.9 Å². The highest BCUT2D eigenvalue weighted by molar-refractivity contribution is 7.98. The summed E-state index contributed by atoms with van der Waals surface area (Å²) >= 11 is 1.61. The molecular weight excluding hydrogens is 260 g/mol. The summed E-state index contributed by atoms with van der Waals surface area (Å²) in [6.07, 6.45) is 0. The summed E-state index contributed by atoms with van der Waals surface area (Å²) in [5.74, 6) is 1.89. The number of aryl methyl sites for hydroxylation is 1. The molecule has 0 fully saturated rings. The number of aromatic nitrogens is 2. The largest absolute Gasteiger partial charge is 0.492 e. The van der Waals surface area contributed by atoms with Crippen molar-refractivity contribution in [2.75, 3.05) is 17.2 Å². The number of nitrogens with one attached hydrogen (secondary N) is 2. The van der Waals surface area contributed by atoms with Gasteiger partial charge in [-0.3, -0.25) is 0 Å². The van der Waals surface area contributed by atoms with E-state index >= 15 is 0 Å². The first-order valence-corrected chi connectivity index (χ1v) is 7.08. The molecular formula is C13H16N4OS. The van der Waals surface area contributed by atoms with Gasteiger partial charge >= 0.3 is 0 Å². The molecule has 0 radical (unpaired) electrons. The van der Waals surface area contributed by atoms with Crippen molar-refractivity contribution in [1.82, 2.24) is 9.19 Å². The normalized spacial score (nSPS) is 16.8. The topological polar surface area (TPSA) is 51.1 Å². The molecule has 100 valence electrons. The fourth-order valence-corrected chi connectivity index (χ4v) is 2.94. The smallest absolute Gasteiger partial charge is 0.168 e. The molecule has 6 heteroatoms. The van der Waals surface area contributed by atoms with Crippen molar-refractivity contribution >= 4 is 23.5 Å². The molecule has 1 unspecified atom stereocenters. The molecule has 0 aliphatic carbocycles. The molecule has 2 aromatic rings. The number of hydrogen-bond acceptors (Lipinski definition) is 5. The fourth-order valence-electron chi connectivity index (χ4n) is 1.99. The number of nitrogens with zero attached hydrogens (tertiary/aromatic N) is 2. The monoisotopic (exact) mass is 276 g/mol. The number of fused-ring (bicyclic) bond motifs is 1. The Bertz CT molecular complexity index is 560. The zero-order valence-electron chi connectivity index (χ0n) is 10.9. The third-order valence-electron chi connectivity index (χ3n) is 2.76. The third kappa shape index (κ3) is 2.49. The van der Waals surface area contributed by atoms with Gasteiger partial charge in [0.15, 0.2) is 5.50 Å². The lowest BCUT2D eigenvalue weighted by molar-refractivity contribution is 0.341. The van der Waals surface area contributed by atoms with E-state index < -0.39 is 0 Å². The minimum atomic E-state index is 0.0599. The third-order valence-corrected chi connectivity index (χ3v) is 3.68. The van der Waals surface area contributed by atoms with E-state index in [-0.39, 0.29) is 5.50 Å². The zero-order valence-corrected chi connectivity index (χ0v) is 11.7. The Kier molecular flexibility index (Phi) is 3.25. The number of rotatable bonds is 4. The molecule has 0 saturated heterocycles. The fraction of sp³-hybridized carbons (Fsp3) is 0.308. The molecule has 5 nitrogen and oxygen atoms in total. The summed E-state index contributed by atoms with van der Waals surface area (Å²) in [6.45, 7) is 4.63. The van der Waals surface area contributed by atoms with Crippen molar-refractivity contribution in [2.24, 2.45) is 0 Å². The predicted molar refractivity (Wildman–Crippen MR) is 78.6 cm³/mol. The predicted octanol–water partition coefficient (Wildman–Crippen LogP) is 2.91. The summed E-state index contributed by atoms with van der Waals surface area (Å²) in [4.78, 5) is 0. The number of anilines is 2. The molecule has 1 atom stereocenters. The lowest BCUT2D eigenvalue weighted by Gasteiger charge is -2.16. The Morgan fingerprint density at radius 2 is 2.32 bits per heavy atom. The molecule has 1 aromatic carbocycles. The first-order valence-electron chi connectivity index (χ1n) is 6.25. The minimum absolute atomic E-state index is 0.0599. The van der Waals surface area contributed by atoms with Gasteiger partial charge in [-0.15, -0.1) is 0 Å². The lowest BCUT2D eigenvalue weighted by Crippen LogP contribution is -2.21. The Labute approximate surface area is 116 Å². The summed E-state index contributed by atoms with van der Waals surface area (Å²) < 4.78 is 7.50. The SMILES string of the molecule is CCOc1ccccc1NC1Nc2cc(C)nn2S1. The summed E-state index contributed by atoms with van der Waals surface area (Å²) in [5.41, 5.74) is 2.06. The average Bonchev–Trinajstić information content (AvgIpc) is 2.88. The maximum absolute atomic E-state index is 5.60. The van der Waals surface area contributed by atoms with Crippen LogP contribution in [0.5, 0.6) is 5.75 Å². The number of para-hydroxylation sites is 2. The average molecular weight is 276 g/mol. The van der Waals surface area contributed by atoms with Gasteiger partial charge in [0, 0.05) is 18.0 Å². The van der Waals surface area contributed by atoms with E-state index in [1.807, 2.05) is 48.3 Å². The number of benzene rings is 1. The van der Waals surface area contributed by atoms with Crippen LogP contribution in [0.25, 0.3) is 0 Å². The molecule has 1 aromatic heterocycles. The van der Waals surface area contributed by atoms with Crippen LogP contribution in [0.4, 0.5) is 11.5 Å².